The lowest BCUT2D eigenvalue weighted by atomic mass is 9.88. The van der Waals surface area contributed by atoms with Gasteiger partial charge in [0.25, 0.3) is 0 Å². The van der Waals surface area contributed by atoms with E-state index in [0.717, 1.165) is 111 Å². The second-order valence-corrected chi connectivity index (χ2v) is 20.7. The zero-order chi connectivity index (χ0) is 51.9. The van der Waals surface area contributed by atoms with E-state index in [4.69, 9.17) is 14.4 Å². The normalized spacial score (nSPS) is 13.9. The zero-order valence-corrected chi connectivity index (χ0v) is 42.4. The van der Waals surface area contributed by atoms with E-state index in [1.807, 2.05) is 48.5 Å². The van der Waals surface area contributed by atoms with Gasteiger partial charge in [0.1, 0.15) is 11.7 Å². The van der Waals surface area contributed by atoms with Gasteiger partial charge in [-0.15, -0.1) is 0 Å². The molecule has 1 unspecified atom stereocenters. The fraction of sp³-hybridized carbons (Fsp3) is 0.0282. The van der Waals surface area contributed by atoms with E-state index in [0.29, 0.717) is 29.2 Å². The van der Waals surface area contributed by atoms with Gasteiger partial charge in [0, 0.05) is 72.5 Å². The molecule has 0 amide bonds. The number of rotatable bonds is 6. The maximum absolute atomic E-state index is 12.3. The molecule has 6 heterocycles. The fourth-order valence-electron chi connectivity index (χ4n) is 13.4. The van der Waals surface area contributed by atoms with Crippen LogP contribution in [-0.2, 0) is 6.42 Å². The van der Waals surface area contributed by atoms with Gasteiger partial charge < -0.3 is 23.0 Å². The summed E-state index contributed by atoms with van der Waals surface area (Å²) in [7, 11) is 0. The Morgan fingerprint density at radius 1 is 0.468 bits per heavy atom. The van der Waals surface area contributed by atoms with Crippen molar-refractivity contribution in [1.82, 2.24) is 23.7 Å². The van der Waals surface area contributed by atoms with E-state index in [2.05, 4.69) is 219 Å². The summed E-state index contributed by atoms with van der Waals surface area (Å²) in [6.07, 6.45) is 3.12. The van der Waals surface area contributed by atoms with Crippen LogP contribution in [0.2, 0.25) is 0 Å². The van der Waals surface area contributed by atoms with Crippen LogP contribution in [0.5, 0.6) is 0 Å². The van der Waals surface area contributed by atoms with E-state index in [-0.39, 0.29) is 6.04 Å². The SMILES string of the molecule is N#Cc1c(N2c3ccccc3C3=Cc4c(c5ccccc5n4-c4ccccc4)CC32)cc(-c2nc(-c3ccccc3)nc3oc4ccccc4c23)cc1-n1c2ccccc2c2ccc3c(c4ccccc4n3-c3ccccc3)c21. The molecule has 0 saturated carbocycles. The zero-order valence-electron chi connectivity index (χ0n) is 42.4. The minimum atomic E-state index is -0.163. The largest absolute Gasteiger partial charge is 0.438 e. The smallest absolute Gasteiger partial charge is 0.231 e. The molecule has 1 aliphatic carbocycles. The molecule has 5 aromatic heterocycles. The van der Waals surface area contributed by atoms with Crippen LogP contribution < -0.4 is 4.90 Å². The average molecular weight is 1010 g/mol. The molecule has 79 heavy (non-hydrogen) atoms. The molecule has 0 fully saturated rings. The molecule has 2 aliphatic rings. The van der Waals surface area contributed by atoms with E-state index in [1.54, 1.807) is 0 Å². The highest BCUT2D eigenvalue weighted by molar-refractivity contribution is 6.26. The fourth-order valence-corrected chi connectivity index (χ4v) is 13.4. The summed E-state index contributed by atoms with van der Waals surface area (Å²) < 4.78 is 13.8. The number of hydrogen-bond donors (Lipinski definition) is 0. The molecule has 15 aromatic rings. The molecule has 8 nitrogen and oxygen atoms in total. The molecule has 1 atom stereocenters. The molecule has 0 radical (unpaired) electrons. The van der Waals surface area contributed by atoms with Gasteiger partial charge in [-0.2, -0.15) is 10.2 Å². The Morgan fingerprint density at radius 2 is 1.08 bits per heavy atom. The van der Waals surface area contributed by atoms with Gasteiger partial charge in [0.05, 0.1) is 67.3 Å². The van der Waals surface area contributed by atoms with Gasteiger partial charge >= 0.3 is 0 Å². The highest BCUT2D eigenvalue weighted by Gasteiger charge is 2.41. The number of anilines is 2. The second kappa shape index (κ2) is 16.6. The summed E-state index contributed by atoms with van der Waals surface area (Å²) in [5.41, 5.74) is 19.1. The topological polar surface area (TPSA) is 80.7 Å². The lowest BCUT2D eigenvalue weighted by molar-refractivity contribution is 0.653. The van der Waals surface area contributed by atoms with Gasteiger partial charge in [-0.25, -0.2) is 4.98 Å². The molecule has 1 aliphatic heterocycles. The molecule has 8 heteroatoms. The molecule has 0 saturated heterocycles. The van der Waals surface area contributed by atoms with Gasteiger partial charge in [-0.3, -0.25) is 0 Å². The first-order valence-corrected chi connectivity index (χ1v) is 26.8. The Morgan fingerprint density at radius 3 is 1.84 bits per heavy atom. The standard InChI is InChI=1S/C71H43N7O/c72-42-55-61(77-57-32-16-12-28-49(57)54-40-63-53(41-64(54)77)48-27-11-15-31-56(48)76(63)46-24-8-3-9-25-46)38-44(68-67-52-30-14-19-35-65(52)79-71(67)74-70(73-68)43-20-4-1-5-21-43)39-62(55)78-58-33-17-10-26-47(58)50-36-37-60-66(69(50)78)51-29-13-18-34-59(51)75(60)45-22-6-2-7-23-45/h1-40,64H,41H2. The minimum absolute atomic E-state index is 0.163. The first-order valence-electron chi connectivity index (χ1n) is 26.8. The summed E-state index contributed by atoms with van der Waals surface area (Å²) in [5, 5.41) is 19.7. The Hall–Kier alpha value is -10.8. The van der Waals surface area contributed by atoms with Gasteiger partial charge in [-0.1, -0.05) is 164 Å². The predicted molar refractivity (Wildman–Crippen MR) is 321 cm³/mol. The van der Waals surface area contributed by atoms with E-state index in [9.17, 15) is 5.26 Å². The lowest BCUT2D eigenvalue weighted by Crippen LogP contribution is -2.31. The summed E-state index contributed by atoms with van der Waals surface area (Å²) >= 11 is 0. The highest BCUT2D eigenvalue weighted by atomic mass is 16.3. The molecule has 17 rings (SSSR count). The van der Waals surface area contributed by atoms with Crippen molar-refractivity contribution in [2.24, 2.45) is 0 Å². The number of nitrogens with zero attached hydrogens (tertiary/aromatic N) is 7. The van der Waals surface area contributed by atoms with Crippen molar-refractivity contribution < 1.29 is 4.42 Å². The van der Waals surface area contributed by atoms with E-state index < -0.39 is 0 Å². The monoisotopic (exact) mass is 1010 g/mol. The number of para-hydroxylation sites is 7. The molecular weight excluding hydrogens is 967 g/mol. The Bertz CT molecular complexity index is 5130. The van der Waals surface area contributed by atoms with Crippen molar-refractivity contribution in [2.45, 2.75) is 12.5 Å². The van der Waals surface area contributed by atoms with Crippen LogP contribution in [0.15, 0.2) is 241 Å². The van der Waals surface area contributed by atoms with Gasteiger partial charge in [0.2, 0.25) is 5.71 Å². The predicted octanol–water partition coefficient (Wildman–Crippen LogP) is 17.3. The molecule has 0 N–H and O–H groups in total. The van der Waals surface area contributed by atoms with Crippen molar-refractivity contribution in [1.29, 1.82) is 5.26 Å². The Labute approximate surface area is 452 Å². The first kappa shape index (κ1) is 43.5. The highest BCUT2D eigenvalue weighted by Crippen LogP contribution is 2.54. The lowest BCUT2D eigenvalue weighted by Gasteiger charge is -2.32. The first-order chi connectivity index (χ1) is 39.2. The van der Waals surface area contributed by atoms with Crippen molar-refractivity contribution in [3.63, 3.8) is 0 Å². The Kier molecular flexibility index (Phi) is 9.15. The van der Waals surface area contributed by atoms with Crippen LogP contribution in [0.25, 0.3) is 128 Å². The Balaban J connectivity index is 1.01. The number of fused-ring (bicyclic) bond motifs is 16. The molecular formula is C71H43N7O. The number of nitriles is 1. The van der Waals surface area contributed by atoms with Gasteiger partial charge in [-0.05, 0) is 90.0 Å². The van der Waals surface area contributed by atoms with Crippen LogP contribution in [0.4, 0.5) is 11.4 Å². The molecule has 0 bridgehead atoms. The van der Waals surface area contributed by atoms with Crippen LogP contribution in [-0.4, -0.2) is 29.7 Å². The molecule has 10 aromatic carbocycles. The van der Waals surface area contributed by atoms with Gasteiger partial charge in [0.15, 0.2) is 5.82 Å². The van der Waals surface area contributed by atoms with Crippen molar-refractivity contribution >= 4 is 99.6 Å². The second-order valence-electron chi connectivity index (χ2n) is 20.7. The third kappa shape index (κ3) is 6.18. The van der Waals surface area contributed by atoms with E-state index in [1.165, 1.54) is 22.2 Å². The van der Waals surface area contributed by atoms with Crippen LogP contribution in [0, 0.1) is 11.3 Å². The minimum Gasteiger partial charge on any atom is -0.438 e. The molecule has 368 valence electrons. The quantitative estimate of drug-likeness (QED) is 0.166. The summed E-state index contributed by atoms with van der Waals surface area (Å²) in [4.78, 5) is 13.2. The van der Waals surface area contributed by atoms with Crippen LogP contribution in [0.3, 0.4) is 0 Å². The summed E-state index contributed by atoms with van der Waals surface area (Å²) in [6.45, 7) is 0. The third-order valence-corrected chi connectivity index (χ3v) is 16.6. The van der Waals surface area contributed by atoms with Crippen molar-refractivity contribution in [2.75, 3.05) is 4.90 Å². The molecule has 0 spiro atoms. The number of furan rings is 1. The average Bonchev–Trinajstić information content (AvgIpc) is 3.94. The number of hydrogen-bond acceptors (Lipinski definition) is 5. The van der Waals surface area contributed by atoms with Crippen molar-refractivity contribution in [3.8, 4) is 45.8 Å². The number of benzene rings is 10. The summed E-state index contributed by atoms with van der Waals surface area (Å²) in [6, 6.07) is 86.0. The number of aromatic nitrogens is 5. The van der Waals surface area contributed by atoms with Crippen molar-refractivity contribution in [3.05, 3.63) is 259 Å². The van der Waals surface area contributed by atoms with Crippen LogP contribution in [0.1, 0.15) is 22.4 Å². The maximum atomic E-state index is 12.3. The van der Waals surface area contributed by atoms with Crippen LogP contribution >= 0.6 is 0 Å². The maximum Gasteiger partial charge on any atom is 0.231 e. The van der Waals surface area contributed by atoms with E-state index >= 15 is 0 Å². The summed E-state index contributed by atoms with van der Waals surface area (Å²) in [5.74, 6) is 0.549. The third-order valence-electron chi connectivity index (χ3n) is 16.6.